The molecule has 0 aliphatic heterocycles. The summed E-state index contributed by atoms with van der Waals surface area (Å²) in [4.78, 5) is 24.0. The molecule has 1 aromatic heterocycles. The molecule has 0 saturated heterocycles. The summed E-state index contributed by atoms with van der Waals surface area (Å²) in [6.07, 6.45) is 0. The number of carbonyl (C=O) groups is 1. The van der Waals surface area contributed by atoms with Gasteiger partial charge < -0.3 is 4.74 Å². The number of hydrogen-bond acceptors (Lipinski definition) is 4. The number of rotatable bonds is 1. The quantitative estimate of drug-likeness (QED) is 0.507. The normalized spacial score (nSPS) is 10.9. The fourth-order valence-electron chi connectivity index (χ4n) is 2.21. The van der Waals surface area contributed by atoms with Gasteiger partial charge >= 0.3 is 5.97 Å². The van der Waals surface area contributed by atoms with Crippen molar-refractivity contribution in [1.29, 1.82) is 0 Å². The van der Waals surface area contributed by atoms with Crippen LogP contribution in [0.3, 0.4) is 0 Å². The number of aryl methyl sites for hydroxylation is 1. The average molecular weight is 284 g/mol. The molecule has 0 spiro atoms. The molecule has 3 nitrogen and oxygen atoms in total. The molecule has 4 heteroatoms. The molecule has 0 unspecified atom stereocenters. The van der Waals surface area contributed by atoms with Crippen LogP contribution in [0.1, 0.15) is 15.9 Å². The lowest BCUT2D eigenvalue weighted by molar-refractivity contribution is 0.0601. The van der Waals surface area contributed by atoms with E-state index < -0.39 is 5.97 Å². The van der Waals surface area contributed by atoms with Gasteiger partial charge in [0.25, 0.3) is 0 Å². The van der Waals surface area contributed by atoms with Crippen molar-refractivity contribution < 1.29 is 9.53 Å². The second-order valence-corrected chi connectivity index (χ2v) is 5.72. The zero-order valence-corrected chi connectivity index (χ0v) is 11.9. The Balaban J connectivity index is 2.38. The molecule has 0 fully saturated rings. The highest BCUT2D eigenvalue weighted by atomic mass is 32.1. The molecule has 0 saturated carbocycles. The molecule has 3 rings (SSSR count). The smallest absolute Gasteiger partial charge is 0.337 e. The lowest BCUT2D eigenvalue weighted by Gasteiger charge is -2.04. The number of benzene rings is 2. The number of carbonyl (C=O) groups excluding carboxylic acids is 1. The van der Waals surface area contributed by atoms with Gasteiger partial charge in [0, 0.05) is 20.2 Å². The Hall–Kier alpha value is -2.20. The molecule has 0 bridgehead atoms. The number of fused-ring (bicyclic) bond motifs is 2. The van der Waals surface area contributed by atoms with Gasteiger partial charge in [-0.1, -0.05) is 11.6 Å². The first-order chi connectivity index (χ1) is 9.60. The van der Waals surface area contributed by atoms with Gasteiger partial charge in [-0.3, -0.25) is 4.79 Å². The summed E-state index contributed by atoms with van der Waals surface area (Å²) in [6.45, 7) is 1.97. The minimum Gasteiger partial charge on any atom is -0.465 e. The van der Waals surface area contributed by atoms with Crippen molar-refractivity contribution in [3.8, 4) is 0 Å². The lowest BCUT2D eigenvalue weighted by Crippen LogP contribution is -2.04. The van der Waals surface area contributed by atoms with Crippen LogP contribution in [0.25, 0.3) is 20.2 Å². The predicted molar refractivity (Wildman–Crippen MR) is 81.7 cm³/mol. The molecular formula is C16H12O3S. The summed E-state index contributed by atoms with van der Waals surface area (Å²) in [5, 5.41) is 1.37. The monoisotopic (exact) mass is 284 g/mol. The zero-order chi connectivity index (χ0) is 14.3. The topological polar surface area (TPSA) is 43.4 Å². The fourth-order valence-corrected chi connectivity index (χ4v) is 3.30. The van der Waals surface area contributed by atoms with E-state index >= 15 is 0 Å². The van der Waals surface area contributed by atoms with Crippen molar-refractivity contribution in [1.82, 2.24) is 0 Å². The van der Waals surface area contributed by atoms with Crippen molar-refractivity contribution in [3.05, 3.63) is 57.7 Å². The van der Waals surface area contributed by atoms with Gasteiger partial charge in [0.05, 0.1) is 12.7 Å². The Kier molecular flexibility index (Phi) is 3.03. The standard InChI is InChI=1S/C16H12O3S/c1-9-3-6-13-12(7-9)15(17)11-5-4-10(16(18)19-2)8-14(11)20-13/h3-8H,1-2H3. The van der Waals surface area contributed by atoms with Crippen LogP contribution in [0.15, 0.2) is 41.2 Å². The van der Waals surface area contributed by atoms with Crippen molar-refractivity contribution in [2.45, 2.75) is 6.92 Å². The van der Waals surface area contributed by atoms with E-state index in [2.05, 4.69) is 0 Å². The van der Waals surface area contributed by atoms with Gasteiger partial charge in [-0.25, -0.2) is 4.79 Å². The van der Waals surface area contributed by atoms with Crippen molar-refractivity contribution in [3.63, 3.8) is 0 Å². The first kappa shape index (κ1) is 12.8. The Morgan fingerprint density at radius 1 is 1.05 bits per heavy atom. The molecule has 0 aliphatic rings. The molecule has 0 amide bonds. The van der Waals surface area contributed by atoms with Gasteiger partial charge in [-0.2, -0.15) is 0 Å². The van der Waals surface area contributed by atoms with E-state index in [1.807, 2.05) is 25.1 Å². The summed E-state index contributed by atoms with van der Waals surface area (Å²) >= 11 is 1.51. The van der Waals surface area contributed by atoms with Crippen molar-refractivity contribution in [2.75, 3.05) is 7.11 Å². The highest BCUT2D eigenvalue weighted by Gasteiger charge is 2.10. The van der Waals surface area contributed by atoms with E-state index in [0.29, 0.717) is 10.9 Å². The summed E-state index contributed by atoms with van der Waals surface area (Å²) in [6, 6.07) is 10.9. The molecule has 0 radical (unpaired) electrons. The average Bonchev–Trinajstić information content (AvgIpc) is 2.47. The molecule has 0 aliphatic carbocycles. The van der Waals surface area contributed by atoms with Crippen LogP contribution in [0.2, 0.25) is 0 Å². The number of methoxy groups -OCH3 is 1. The molecule has 100 valence electrons. The van der Waals surface area contributed by atoms with Gasteiger partial charge in [-0.15, -0.1) is 11.3 Å². The van der Waals surface area contributed by atoms with Crippen LogP contribution >= 0.6 is 11.3 Å². The van der Waals surface area contributed by atoms with Crippen LogP contribution in [0, 0.1) is 6.92 Å². The van der Waals surface area contributed by atoms with Crippen LogP contribution in [0.4, 0.5) is 0 Å². The van der Waals surface area contributed by atoms with Crippen LogP contribution in [-0.2, 0) is 4.74 Å². The summed E-state index contributed by atoms with van der Waals surface area (Å²) in [5.74, 6) is -0.393. The maximum absolute atomic E-state index is 12.5. The van der Waals surface area contributed by atoms with E-state index in [4.69, 9.17) is 4.74 Å². The van der Waals surface area contributed by atoms with E-state index in [9.17, 15) is 9.59 Å². The molecule has 3 aromatic rings. The van der Waals surface area contributed by atoms with E-state index in [0.717, 1.165) is 20.3 Å². The molecule has 0 N–H and O–H groups in total. The van der Waals surface area contributed by atoms with Gasteiger partial charge in [-0.05, 0) is 37.3 Å². The lowest BCUT2D eigenvalue weighted by atomic mass is 10.1. The zero-order valence-electron chi connectivity index (χ0n) is 11.1. The number of ether oxygens (including phenoxy) is 1. The molecule has 1 heterocycles. The van der Waals surface area contributed by atoms with Crippen molar-refractivity contribution >= 4 is 37.5 Å². The van der Waals surface area contributed by atoms with Crippen molar-refractivity contribution in [2.24, 2.45) is 0 Å². The molecule has 20 heavy (non-hydrogen) atoms. The maximum atomic E-state index is 12.5. The molecule has 0 atom stereocenters. The second-order valence-electron chi connectivity index (χ2n) is 4.63. The first-order valence-corrected chi connectivity index (χ1v) is 6.97. The second kappa shape index (κ2) is 4.72. The third-order valence-corrected chi connectivity index (χ3v) is 4.38. The summed E-state index contributed by atoms with van der Waals surface area (Å²) in [5.41, 5.74) is 1.53. The largest absolute Gasteiger partial charge is 0.465 e. The number of hydrogen-bond donors (Lipinski definition) is 0. The third kappa shape index (κ3) is 1.98. The molecular weight excluding hydrogens is 272 g/mol. The minimum absolute atomic E-state index is 0.00821. The summed E-state index contributed by atoms with van der Waals surface area (Å²) < 4.78 is 6.43. The third-order valence-electron chi connectivity index (χ3n) is 3.25. The Morgan fingerprint density at radius 3 is 2.60 bits per heavy atom. The van der Waals surface area contributed by atoms with Gasteiger partial charge in [0.1, 0.15) is 0 Å². The van der Waals surface area contributed by atoms with E-state index in [-0.39, 0.29) is 5.43 Å². The van der Waals surface area contributed by atoms with Crippen LogP contribution < -0.4 is 5.43 Å². The van der Waals surface area contributed by atoms with Crippen LogP contribution in [0.5, 0.6) is 0 Å². The maximum Gasteiger partial charge on any atom is 0.337 e. The van der Waals surface area contributed by atoms with Gasteiger partial charge in [0.2, 0.25) is 0 Å². The highest BCUT2D eigenvalue weighted by Crippen LogP contribution is 2.26. The minimum atomic E-state index is -0.393. The van der Waals surface area contributed by atoms with Gasteiger partial charge in [0.15, 0.2) is 5.43 Å². The molecule has 2 aromatic carbocycles. The van der Waals surface area contributed by atoms with E-state index in [1.54, 1.807) is 18.2 Å². The van der Waals surface area contributed by atoms with Crippen LogP contribution in [-0.4, -0.2) is 13.1 Å². The highest BCUT2D eigenvalue weighted by molar-refractivity contribution is 7.24. The SMILES string of the molecule is COC(=O)c1ccc2c(=O)c3cc(C)ccc3sc2c1. The predicted octanol–water partition coefficient (Wildman–Crippen LogP) is 3.51. The fraction of sp³-hybridized carbons (Fsp3) is 0.125. The summed E-state index contributed by atoms with van der Waals surface area (Å²) in [7, 11) is 1.35. The first-order valence-electron chi connectivity index (χ1n) is 6.15. The number of esters is 1. The Bertz CT molecular complexity index is 893. The Labute approximate surface area is 119 Å². The van der Waals surface area contributed by atoms with E-state index in [1.165, 1.54) is 18.4 Å². The Morgan fingerprint density at radius 2 is 1.85 bits per heavy atom.